The topological polar surface area (TPSA) is 163 Å². The highest BCUT2D eigenvalue weighted by Crippen LogP contribution is 2.56. The Kier molecular flexibility index (Phi) is 10.4. The molecule has 5 aliphatic rings. The van der Waals surface area contributed by atoms with Gasteiger partial charge in [-0.15, -0.1) is 0 Å². The number of benzene rings is 1. The van der Waals surface area contributed by atoms with Crippen LogP contribution in [0.25, 0.3) is 0 Å². The summed E-state index contributed by atoms with van der Waals surface area (Å²) in [4.78, 5) is 55.0. The van der Waals surface area contributed by atoms with E-state index >= 15 is 0 Å². The number of pyridine rings is 1. The van der Waals surface area contributed by atoms with Crippen LogP contribution in [0.4, 0.5) is 16.4 Å². The van der Waals surface area contributed by atoms with Crippen LogP contribution in [0.15, 0.2) is 41.1 Å². The first-order chi connectivity index (χ1) is 26.8. The predicted octanol–water partition coefficient (Wildman–Crippen LogP) is 5.21. The van der Waals surface area contributed by atoms with E-state index < -0.39 is 23.8 Å². The van der Waals surface area contributed by atoms with Crippen molar-refractivity contribution in [2.24, 2.45) is 11.3 Å². The summed E-state index contributed by atoms with van der Waals surface area (Å²) in [7, 11) is 0. The number of ether oxygens (including phenoxy) is 2. The van der Waals surface area contributed by atoms with Crippen molar-refractivity contribution in [3.05, 3.63) is 64.9 Å². The van der Waals surface area contributed by atoms with E-state index in [4.69, 9.17) is 18.9 Å². The number of aliphatic hydroxyl groups is 1. The maximum Gasteiger partial charge on any atom is 0.410 e. The van der Waals surface area contributed by atoms with Gasteiger partial charge in [0.15, 0.2) is 12.2 Å². The molecule has 1 saturated heterocycles. The zero-order valence-corrected chi connectivity index (χ0v) is 33.0. The Morgan fingerprint density at radius 2 is 1.82 bits per heavy atom. The number of nitrogens with one attached hydrogen (secondary N) is 2. The minimum Gasteiger partial charge on any atom is -0.486 e. The van der Waals surface area contributed by atoms with E-state index in [1.165, 1.54) is 25.7 Å². The van der Waals surface area contributed by atoms with Gasteiger partial charge in [0.05, 0.1) is 17.8 Å². The van der Waals surface area contributed by atoms with Crippen LogP contribution < -0.4 is 20.3 Å². The Labute approximate surface area is 328 Å². The van der Waals surface area contributed by atoms with Crippen molar-refractivity contribution in [1.82, 2.24) is 25.1 Å². The second-order valence-electron chi connectivity index (χ2n) is 17.5. The third-order valence-corrected chi connectivity index (χ3v) is 12.1. The summed E-state index contributed by atoms with van der Waals surface area (Å²) in [6.45, 7) is 10.1. The summed E-state index contributed by atoms with van der Waals surface area (Å²) in [5.41, 5.74) is 2.78. The standard InChI is InChI=1S/C42H55N7O7/c1-26-35(55-25-44-26)24-54-32-9-8-28-17-33(49(23-30(28)16-32)40(53)56-41(2,3)4)34(50)22-43-38(51)29-18-36(45-31-20-42(21-31)10-5-11-42)46-37(19-29)47-12-14-48(15-13-47)39(52)27-6-7-27/h8-9,16,18-19,25,27,31,33-34,50H,5-7,10-15,17,20-24H2,1-4H3,(H,43,51)(H,45,46)/t33-,34+/m0/s1. The molecule has 14 heteroatoms. The van der Waals surface area contributed by atoms with Gasteiger partial charge in [-0.25, -0.2) is 14.8 Å². The number of carbonyl (C=O) groups is 3. The number of carbonyl (C=O) groups excluding carboxylic acids is 3. The molecular weight excluding hydrogens is 715 g/mol. The molecule has 3 saturated carbocycles. The first kappa shape index (κ1) is 38.0. The Balaban J connectivity index is 0.957. The summed E-state index contributed by atoms with van der Waals surface area (Å²) in [5.74, 6) is 2.70. The molecule has 3 aliphatic carbocycles. The first-order valence-electron chi connectivity index (χ1n) is 20.2. The van der Waals surface area contributed by atoms with Crippen LogP contribution >= 0.6 is 0 Å². The van der Waals surface area contributed by atoms with Crippen molar-refractivity contribution < 1.29 is 33.4 Å². The number of hydrogen-bond acceptors (Lipinski definition) is 11. The van der Waals surface area contributed by atoms with E-state index in [0.29, 0.717) is 72.8 Å². The van der Waals surface area contributed by atoms with Crippen molar-refractivity contribution in [2.75, 3.05) is 42.9 Å². The predicted molar refractivity (Wildman–Crippen MR) is 208 cm³/mol. The Hall–Kier alpha value is -4.85. The Morgan fingerprint density at radius 3 is 2.48 bits per heavy atom. The fourth-order valence-corrected chi connectivity index (χ4v) is 8.60. The Morgan fingerprint density at radius 1 is 1.05 bits per heavy atom. The Bertz CT molecular complexity index is 1930. The van der Waals surface area contributed by atoms with Gasteiger partial charge in [-0.05, 0) is 113 Å². The van der Waals surface area contributed by atoms with Crippen molar-refractivity contribution in [2.45, 2.75) is 116 Å². The summed E-state index contributed by atoms with van der Waals surface area (Å²) in [6.07, 6.45) is 8.19. The molecular formula is C42H55N7O7. The van der Waals surface area contributed by atoms with E-state index in [-0.39, 0.29) is 37.4 Å². The van der Waals surface area contributed by atoms with E-state index in [1.807, 2.05) is 50.8 Å². The highest BCUT2D eigenvalue weighted by molar-refractivity contribution is 5.95. The maximum absolute atomic E-state index is 13.9. The van der Waals surface area contributed by atoms with Crippen LogP contribution in [0.3, 0.4) is 0 Å². The molecule has 2 aliphatic heterocycles. The first-order valence-corrected chi connectivity index (χ1v) is 20.2. The van der Waals surface area contributed by atoms with Crippen LogP contribution in [0.2, 0.25) is 0 Å². The maximum atomic E-state index is 13.9. The SMILES string of the molecule is Cc1ncoc1COc1ccc2c(c1)CN(C(=O)OC(C)(C)C)[C@H]([C@H](O)CNC(=O)c1cc(NC3CC4(CCC4)C3)nc(N3CCN(C(=O)C4CC4)CC3)c1)C2. The second-order valence-corrected chi connectivity index (χ2v) is 17.5. The van der Waals surface area contributed by atoms with E-state index in [0.717, 1.165) is 42.5 Å². The third-order valence-electron chi connectivity index (χ3n) is 12.1. The monoisotopic (exact) mass is 769 g/mol. The fourth-order valence-electron chi connectivity index (χ4n) is 8.60. The van der Waals surface area contributed by atoms with Gasteiger partial charge in [0.2, 0.25) is 5.91 Å². The van der Waals surface area contributed by atoms with Crippen molar-refractivity contribution >= 4 is 29.5 Å². The van der Waals surface area contributed by atoms with Gasteiger partial charge >= 0.3 is 6.09 Å². The van der Waals surface area contributed by atoms with Gasteiger partial charge in [0.25, 0.3) is 5.91 Å². The lowest BCUT2D eigenvalue weighted by Crippen LogP contribution is -2.54. The summed E-state index contributed by atoms with van der Waals surface area (Å²) < 4.78 is 17.2. The van der Waals surface area contributed by atoms with Crippen LogP contribution in [-0.4, -0.2) is 99.3 Å². The normalized spacial score (nSPS) is 21.1. The van der Waals surface area contributed by atoms with Crippen LogP contribution in [0.5, 0.6) is 5.75 Å². The van der Waals surface area contributed by atoms with Gasteiger partial charge in [0, 0.05) is 56.8 Å². The second kappa shape index (κ2) is 15.2. The molecule has 14 nitrogen and oxygen atoms in total. The van der Waals surface area contributed by atoms with E-state index in [9.17, 15) is 19.5 Å². The van der Waals surface area contributed by atoms with Crippen molar-refractivity contribution in [3.8, 4) is 5.75 Å². The molecule has 2 atom stereocenters. The quantitative estimate of drug-likeness (QED) is 0.235. The van der Waals surface area contributed by atoms with Crippen molar-refractivity contribution in [1.29, 1.82) is 0 Å². The molecule has 8 rings (SSSR count). The number of rotatable bonds is 11. The molecule has 3 N–H and O–H groups in total. The smallest absolute Gasteiger partial charge is 0.410 e. The van der Waals surface area contributed by atoms with Gasteiger partial charge in [0.1, 0.15) is 29.6 Å². The van der Waals surface area contributed by atoms with Crippen LogP contribution in [0.1, 0.15) is 98.7 Å². The molecule has 3 aromatic rings. The summed E-state index contributed by atoms with van der Waals surface area (Å²) >= 11 is 0. The number of aryl methyl sites for hydroxylation is 1. The van der Waals surface area contributed by atoms with Gasteiger partial charge in [-0.1, -0.05) is 12.5 Å². The molecule has 2 aromatic heterocycles. The third kappa shape index (κ3) is 8.45. The molecule has 4 fully saturated rings. The molecule has 1 aromatic carbocycles. The highest BCUT2D eigenvalue weighted by atomic mass is 16.6. The fraction of sp³-hybridized carbons (Fsp3) is 0.595. The lowest BCUT2D eigenvalue weighted by atomic mass is 9.54. The summed E-state index contributed by atoms with van der Waals surface area (Å²) in [5, 5.41) is 18.2. The average Bonchev–Trinajstić information content (AvgIpc) is 3.92. The number of amides is 3. The molecule has 4 heterocycles. The van der Waals surface area contributed by atoms with Crippen molar-refractivity contribution in [3.63, 3.8) is 0 Å². The van der Waals surface area contributed by atoms with E-state index in [1.54, 1.807) is 17.0 Å². The van der Waals surface area contributed by atoms with Crippen LogP contribution in [0, 0.1) is 18.3 Å². The number of oxazole rings is 1. The number of hydrogen-bond donors (Lipinski definition) is 3. The molecule has 0 bridgehead atoms. The number of nitrogens with zero attached hydrogens (tertiary/aromatic N) is 5. The van der Waals surface area contributed by atoms with Gasteiger partial charge in [-0.3, -0.25) is 14.5 Å². The zero-order chi connectivity index (χ0) is 39.2. The summed E-state index contributed by atoms with van der Waals surface area (Å²) in [6, 6.07) is 8.97. The number of aliphatic hydroxyl groups excluding tert-OH is 1. The lowest BCUT2D eigenvalue weighted by molar-refractivity contribution is -0.132. The number of anilines is 2. The average molecular weight is 770 g/mol. The highest BCUT2D eigenvalue weighted by Gasteiger charge is 2.48. The molecule has 1 spiro atoms. The molecule has 56 heavy (non-hydrogen) atoms. The number of piperazine rings is 1. The molecule has 3 amide bonds. The molecule has 0 radical (unpaired) electrons. The minimum absolute atomic E-state index is 0.0800. The van der Waals surface area contributed by atoms with Crippen LogP contribution in [-0.2, 0) is 29.1 Å². The zero-order valence-electron chi connectivity index (χ0n) is 33.0. The minimum atomic E-state index is -1.09. The number of fused-ring (bicyclic) bond motifs is 1. The van der Waals surface area contributed by atoms with E-state index in [2.05, 4.69) is 20.5 Å². The lowest BCUT2D eigenvalue weighted by Gasteiger charge is -2.54. The molecule has 0 unspecified atom stereocenters. The van der Waals surface area contributed by atoms with Gasteiger partial charge < -0.3 is 39.4 Å². The number of aromatic nitrogens is 2. The van der Waals surface area contributed by atoms with Gasteiger partial charge in [-0.2, -0.15) is 0 Å². The molecule has 300 valence electrons. The largest absolute Gasteiger partial charge is 0.486 e.